The first-order chi connectivity index (χ1) is 6.86. The summed E-state index contributed by atoms with van der Waals surface area (Å²) in [5.74, 6) is -0.787. The van der Waals surface area contributed by atoms with Crippen LogP contribution in [0.4, 0.5) is 13.2 Å². The second-order valence-corrected chi connectivity index (χ2v) is 3.92. The molecule has 0 aromatic carbocycles. The van der Waals surface area contributed by atoms with Crippen LogP contribution in [0, 0.1) is 5.92 Å². The van der Waals surface area contributed by atoms with Crippen molar-refractivity contribution in [2.24, 2.45) is 11.7 Å². The largest absolute Gasteiger partial charge is 0.412 e. The molecule has 0 bridgehead atoms. The monoisotopic (exact) mass is 260 g/mol. The van der Waals surface area contributed by atoms with E-state index < -0.39 is 18.1 Å². The lowest BCUT2D eigenvalue weighted by Crippen LogP contribution is -2.50. The maximum atomic E-state index is 12.0. The number of carbonyl (C=O) groups is 1. The Balaban J connectivity index is 0.00000225. The normalized spacial score (nSPS) is 25.6. The van der Waals surface area contributed by atoms with Gasteiger partial charge in [0.25, 0.3) is 0 Å². The van der Waals surface area contributed by atoms with E-state index in [9.17, 15) is 18.0 Å². The molecule has 1 amide bonds. The molecule has 3 atom stereocenters. The van der Waals surface area contributed by atoms with Crippen LogP contribution in [-0.2, 0) is 4.79 Å². The van der Waals surface area contributed by atoms with E-state index in [1.165, 1.54) is 0 Å². The van der Waals surface area contributed by atoms with Gasteiger partial charge in [0.1, 0.15) is 0 Å². The summed E-state index contributed by atoms with van der Waals surface area (Å²) < 4.78 is 36.1. The molecule has 1 rings (SSSR count). The zero-order chi connectivity index (χ0) is 11.6. The van der Waals surface area contributed by atoms with E-state index in [1.54, 1.807) is 0 Å². The SMILES string of the molecule is CCCC1CC1NC(=O)C(N)C(F)(F)F.Cl. The highest BCUT2D eigenvalue weighted by atomic mass is 35.5. The Morgan fingerprint density at radius 3 is 2.56 bits per heavy atom. The van der Waals surface area contributed by atoms with Gasteiger partial charge in [0.05, 0.1) is 0 Å². The van der Waals surface area contributed by atoms with Crippen LogP contribution >= 0.6 is 12.4 Å². The van der Waals surface area contributed by atoms with Crippen LogP contribution in [0.2, 0.25) is 0 Å². The summed E-state index contributed by atoms with van der Waals surface area (Å²) in [5, 5.41) is 2.31. The Labute approximate surface area is 98.4 Å². The molecule has 7 heteroatoms. The number of hydrogen-bond donors (Lipinski definition) is 2. The van der Waals surface area contributed by atoms with Gasteiger partial charge in [-0.05, 0) is 18.8 Å². The molecule has 3 nitrogen and oxygen atoms in total. The van der Waals surface area contributed by atoms with Gasteiger partial charge < -0.3 is 11.1 Å². The second-order valence-electron chi connectivity index (χ2n) is 3.92. The van der Waals surface area contributed by atoms with Crippen LogP contribution in [-0.4, -0.2) is 24.2 Å². The van der Waals surface area contributed by atoms with Gasteiger partial charge in [0.15, 0.2) is 6.04 Å². The predicted octanol–water partition coefficient (Wildman–Crippen LogP) is 1.60. The topological polar surface area (TPSA) is 55.1 Å². The van der Waals surface area contributed by atoms with Crippen molar-refractivity contribution >= 4 is 18.3 Å². The predicted molar refractivity (Wildman–Crippen MR) is 56.2 cm³/mol. The first-order valence-electron chi connectivity index (χ1n) is 4.99. The third-order valence-electron chi connectivity index (χ3n) is 2.54. The lowest BCUT2D eigenvalue weighted by Gasteiger charge is -2.15. The number of amides is 1. The van der Waals surface area contributed by atoms with Crippen LogP contribution in [0.5, 0.6) is 0 Å². The van der Waals surface area contributed by atoms with Crippen molar-refractivity contribution in [3.05, 3.63) is 0 Å². The molecule has 1 aliphatic rings. The first-order valence-corrected chi connectivity index (χ1v) is 4.99. The Hall–Kier alpha value is -0.490. The summed E-state index contributed by atoms with van der Waals surface area (Å²) in [6, 6.07) is -2.51. The van der Waals surface area contributed by atoms with Crippen LogP contribution in [0.15, 0.2) is 0 Å². The van der Waals surface area contributed by atoms with E-state index in [2.05, 4.69) is 5.32 Å². The highest BCUT2D eigenvalue weighted by Crippen LogP contribution is 2.34. The van der Waals surface area contributed by atoms with E-state index in [-0.39, 0.29) is 18.4 Å². The highest BCUT2D eigenvalue weighted by Gasteiger charge is 2.45. The minimum absolute atomic E-state index is 0. The zero-order valence-electron chi connectivity index (χ0n) is 8.88. The number of carbonyl (C=O) groups excluding carboxylic acids is 1. The molecule has 96 valence electrons. The van der Waals surface area contributed by atoms with Crippen molar-refractivity contribution in [2.45, 2.75) is 44.4 Å². The maximum absolute atomic E-state index is 12.0. The molecule has 3 unspecified atom stereocenters. The summed E-state index contributed by atoms with van der Waals surface area (Å²) >= 11 is 0. The number of halogens is 4. The fraction of sp³-hybridized carbons (Fsp3) is 0.889. The van der Waals surface area contributed by atoms with Gasteiger partial charge in [0.2, 0.25) is 5.91 Å². The van der Waals surface area contributed by atoms with Crippen molar-refractivity contribution in [2.75, 3.05) is 0 Å². The maximum Gasteiger partial charge on any atom is 0.412 e. The van der Waals surface area contributed by atoms with E-state index in [0.717, 1.165) is 19.3 Å². The number of nitrogens with one attached hydrogen (secondary N) is 1. The minimum Gasteiger partial charge on any atom is -0.351 e. The van der Waals surface area contributed by atoms with Crippen LogP contribution < -0.4 is 11.1 Å². The minimum atomic E-state index is -4.65. The Morgan fingerprint density at radius 2 is 2.12 bits per heavy atom. The van der Waals surface area contributed by atoms with E-state index >= 15 is 0 Å². The van der Waals surface area contributed by atoms with Crippen LogP contribution in [0.3, 0.4) is 0 Å². The molecule has 1 saturated carbocycles. The summed E-state index contributed by atoms with van der Waals surface area (Å²) in [6.45, 7) is 2.00. The smallest absolute Gasteiger partial charge is 0.351 e. The number of rotatable bonds is 4. The molecule has 0 spiro atoms. The van der Waals surface area contributed by atoms with Crippen molar-refractivity contribution in [1.82, 2.24) is 5.32 Å². The van der Waals surface area contributed by atoms with Crippen molar-refractivity contribution in [1.29, 1.82) is 0 Å². The van der Waals surface area contributed by atoms with Gasteiger partial charge in [-0.25, -0.2) is 0 Å². The third kappa shape index (κ3) is 4.17. The summed E-state index contributed by atoms with van der Waals surface area (Å²) in [4.78, 5) is 11.0. The molecule has 0 aromatic rings. The quantitative estimate of drug-likeness (QED) is 0.807. The van der Waals surface area contributed by atoms with Gasteiger partial charge >= 0.3 is 6.18 Å². The molecule has 0 aliphatic heterocycles. The molecule has 0 heterocycles. The number of alkyl halides is 3. The summed E-state index contributed by atoms with van der Waals surface area (Å²) in [5.41, 5.74) is 4.75. The van der Waals surface area contributed by atoms with Crippen molar-refractivity contribution in [3.63, 3.8) is 0 Å². The summed E-state index contributed by atoms with van der Waals surface area (Å²) in [7, 11) is 0. The number of nitrogens with two attached hydrogens (primary N) is 1. The lowest BCUT2D eigenvalue weighted by molar-refractivity contribution is -0.162. The standard InChI is InChI=1S/C9H15F3N2O.ClH/c1-2-3-5-4-6(5)14-8(15)7(13)9(10,11)12;/h5-7H,2-4,13H2,1H3,(H,14,15);1H. The molecular formula is C9H16ClF3N2O. The van der Waals surface area contributed by atoms with Gasteiger partial charge in [0, 0.05) is 6.04 Å². The van der Waals surface area contributed by atoms with Crippen LogP contribution in [0.25, 0.3) is 0 Å². The lowest BCUT2D eigenvalue weighted by atomic mass is 10.2. The molecule has 1 aliphatic carbocycles. The van der Waals surface area contributed by atoms with Gasteiger partial charge in [-0.2, -0.15) is 13.2 Å². The van der Waals surface area contributed by atoms with Gasteiger partial charge in [-0.15, -0.1) is 12.4 Å². The Kier molecular flexibility index (Phi) is 5.55. The summed E-state index contributed by atoms with van der Waals surface area (Å²) in [6.07, 6.45) is -1.97. The van der Waals surface area contributed by atoms with Gasteiger partial charge in [-0.3, -0.25) is 4.79 Å². The molecule has 3 N–H and O–H groups in total. The van der Waals surface area contributed by atoms with Crippen molar-refractivity contribution in [3.8, 4) is 0 Å². The van der Waals surface area contributed by atoms with E-state index in [0.29, 0.717) is 5.92 Å². The Morgan fingerprint density at radius 1 is 1.56 bits per heavy atom. The van der Waals surface area contributed by atoms with Crippen LogP contribution in [0.1, 0.15) is 26.2 Å². The van der Waals surface area contributed by atoms with Crippen molar-refractivity contribution < 1.29 is 18.0 Å². The molecule has 0 aromatic heterocycles. The molecular weight excluding hydrogens is 245 g/mol. The van der Waals surface area contributed by atoms with E-state index in [1.807, 2.05) is 6.92 Å². The molecule has 16 heavy (non-hydrogen) atoms. The average Bonchev–Trinajstić information content (AvgIpc) is 2.81. The molecule has 0 radical (unpaired) electrons. The fourth-order valence-electron chi connectivity index (χ4n) is 1.54. The number of hydrogen-bond acceptors (Lipinski definition) is 2. The Bertz CT molecular complexity index is 247. The average molecular weight is 261 g/mol. The molecule has 1 fully saturated rings. The first kappa shape index (κ1) is 15.5. The highest BCUT2D eigenvalue weighted by molar-refractivity contribution is 5.85. The fourth-order valence-corrected chi connectivity index (χ4v) is 1.54. The molecule has 0 saturated heterocycles. The zero-order valence-corrected chi connectivity index (χ0v) is 9.70. The second kappa shape index (κ2) is 5.72. The van der Waals surface area contributed by atoms with Gasteiger partial charge in [-0.1, -0.05) is 13.3 Å². The van der Waals surface area contributed by atoms with E-state index in [4.69, 9.17) is 5.73 Å². The third-order valence-corrected chi connectivity index (χ3v) is 2.54.